The fraction of sp³-hybridized carbons (Fsp3) is 1.00. The van der Waals surface area contributed by atoms with Crippen LogP contribution in [-0.2, 0) is 0 Å². The van der Waals surface area contributed by atoms with Gasteiger partial charge in [0.15, 0.2) is 0 Å². The molecule has 1 aliphatic carbocycles. The molecule has 2 heterocycles. The van der Waals surface area contributed by atoms with Crippen molar-refractivity contribution in [3.05, 3.63) is 0 Å². The van der Waals surface area contributed by atoms with Crippen molar-refractivity contribution in [3.8, 4) is 0 Å². The van der Waals surface area contributed by atoms with Gasteiger partial charge in [-0.25, -0.2) is 13.2 Å². The van der Waals surface area contributed by atoms with Gasteiger partial charge in [-0.1, -0.05) is 20.8 Å². The van der Waals surface area contributed by atoms with Gasteiger partial charge in [0.1, 0.15) is 6.17 Å². The van der Waals surface area contributed by atoms with Gasteiger partial charge in [-0.15, -0.1) is 0 Å². The van der Waals surface area contributed by atoms with E-state index in [9.17, 15) is 13.2 Å². The summed E-state index contributed by atoms with van der Waals surface area (Å²) in [7, 11) is 0. The summed E-state index contributed by atoms with van der Waals surface area (Å²) in [4.78, 5) is 2.03. The first-order valence-electron chi connectivity index (χ1n) is 6.49. The van der Waals surface area contributed by atoms with Gasteiger partial charge in [0.25, 0.3) is 5.92 Å². The standard InChI is InChI=1S/C13H20F3N/c1-12(2,3)5-9-11-10(13(11,15)16)8-4-7(14)6-17(8)9/h7-11H,4-6H2,1-3H3. The fourth-order valence-electron chi connectivity index (χ4n) is 4.02. The summed E-state index contributed by atoms with van der Waals surface area (Å²) in [5.74, 6) is -3.59. The SMILES string of the molecule is CC(C)(C)CC1C2C(C3CC(F)CN31)C2(F)F. The molecule has 2 aliphatic heterocycles. The van der Waals surface area contributed by atoms with Crippen molar-refractivity contribution in [3.63, 3.8) is 0 Å². The van der Waals surface area contributed by atoms with Crippen molar-refractivity contribution in [2.75, 3.05) is 6.54 Å². The molecule has 0 bridgehead atoms. The van der Waals surface area contributed by atoms with Gasteiger partial charge in [0.2, 0.25) is 0 Å². The lowest BCUT2D eigenvalue weighted by molar-refractivity contribution is 0.0125. The van der Waals surface area contributed by atoms with Crippen LogP contribution in [0, 0.1) is 17.3 Å². The van der Waals surface area contributed by atoms with E-state index >= 15 is 0 Å². The molecule has 5 atom stereocenters. The van der Waals surface area contributed by atoms with Crippen LogP contribution in [-0.4, -0.2) is 35.6 Å². The van der Waals surface area contributed by atoms with Crippen LogP contribution in [0.2, 0.25) is 0 Å². The zero-order valence-corrected chi connectivity index (χ0v) is 10.6. The third-order valence-corrected chi connectivity index (χ3v) is 4.58. The van der Waals surface area contributed by atoms with Crippen LogP contribution >= 0.6 is 0 Å². The number of piperidine rings is 1. The van der Waals surface area contributed by atoms with Crippen LogP contribution < -0.4 is 0 Å². The lowest BCUT2D eigenvalue weighted by Crippen LogP contribution is -2.41. The maximum absolute atomic E-state index is 13.7. The van der Waals surface area contributed by atoms with Gasteiger partial charge < -0.3 is 0 Å². The summed E-state index contributed by atoms with van der Waals surface area (Å²) in [6, 6.07) is -0.307. The lowest BCUT2D eigenvalue weighted by atomic mass is 9.86. The zero-order chi connectivity index (χ0) is 12.6. The van der Waals surface area contributed by atoms with Crippen LogP contribution in [0.25, 0.3) is 0 Å². The minimum Gasteiger partial charge on any atom is -0.293 e. The highest BCUT2D eigenvalue weighted by molar-refractivity contribution is 5.23. The van der Waals surface area contributed by atoms with Gasteiger partial charge in [0.05, 0.1) is 0 Å². The first kappa shape index (κ1) is 11.8. The molecular weight excluding hydrogens is 227 g/mol. The predicted molar refractivity (Wildman–Crippen MR) is 59.8 cm³/mol. The molecule has 5 unspecified atom stereocenters. The third kappa shape index (κ3) is 1.63. The molecule has 0 aromatic rings. The number of nitrogens with zero attached hydrogens (tertiary/aromatic N) is 1. The Balaban J connectivity index is 1.82. The summed E-state index contributed by atoms with van der Waals surface area (Å²) < 4.78 is 40.8. The summed E-state index contributed by atoms with van der Waals surface area (Å²) in [6.07, 6.45) is 0.157. The molecule has 0 aromatic heterocycles. The molecule has 17 heavy (non-hydrogen) atoms. The van der Waals surface area contributed by atoms with Crippen LogP contribution in [0.5, 0.6) is 0 Å². The Morgan fingerprint density at radius 3 is 2.47 bits per heavy atom. The van der Waals surface area contributed by atoms with E-state index in [-0.39, 0.29) is 17.5 Å². The topological polar surface area (TPSA) is 3.24 Å². The molecule has 0 spiro atoms. The largest absolute Gasteiger partial charge is 0.293 e. The molecule has 0 aromatic carbocycles. The van der Waals surface area contributed by atoms with E-state index in [2.05, 4.69) is 20.8 Å². The molecular formula is C13H20F3N. The van der Waals surface area contributed by atoms with Crippen LogP contribution in [0.3, 0.4) is 0 Å². The van der Waals surface area contributed by atoms with Gasteiger partial charge in [-0.2, -0.15) is 0 Å². The average Bonchev–Trinajstić information content (AvgIpc) is 2.46. The summed E-state index contributed by atoms with van der Waals surface area (Å²) in [5, 5.41) is 0. The maximum Gasteiger partial charge on any atom is 0.257 e. The maximum atomic E-state index is 13.7. The van der Waals surface area contributed by atoms with Gasteiger partial charge >= 0.3 is 0 Å². The first-order valence-corrected chi connectivity index (χ1v) is 6.49. The molecule has 0 N–H and O–H groups in total. The highest BCUT2D eigenvalue weighted by atomic mass is 19.3. The van der Waals surface area contributed by atoms with Crippen molar-refractivity contribution < 1.29 is 13.2 Å². The molecule has 1 nitrogen and oxygen atoms in total. The Kier molecular flexibility index (Phi) is 2.22. The van der Waals surface area contributed by atoms with Crippen LogP contribution in [0.4, 0.5) is 13.2 Å². The number of fused-ring (bicyclic) bond motifs is 3. The van der Waals surface area contributed by atoms with E-state index < -0.39 is 23.9 Å². The molecule has 3 aliphatic rings. The van der Waals surface area contributed by atoms with E-state index in [0.29, 0.717) is 13.0 Å². The minimum atomic E-state index is -2.53. The van der Waals surface area contributed by atoms with E-state index in [1.54, 1.807) is 0 Å². The normalized spacial score (nSPS) is 48.0. The Morgan fingerprint density at radius 2 is 1.88 bits per heavy atom. The highest BCUT2D eigenvalue weighted by Gasteiger charge is 2.79. The van der Waals surface area contributed by atoms with Gasteiger partial charge in [-0.3, -0.25) is 4.90 Å². The number of alkyl halides is 3. The zero-order valence-electron chi connectivity index (χ0n) is 10.6. The highest BCUT2D eigenvalue weighted by Crippen LogP contribution is 2.68. The fourth-order valence-corrected chi connectivity index (χ4v) is 4.02. The van der Waals surface area contributed by atoms with Crippen LogP contribution in [0.1, 0.15) is 33.6 Å². The molecule has 98 valence electrons. The number of halogens is 3. The number of hydrogen-bond donors (Lipinski definition) is 0. The van der Waals surface area contributed by atoms with Crippen molar-refractivity contribution in [1.29, 1.82) is 0 Å². The van der Waals surface area contributed by atoms with E-state index in [4.69, 9.17) is 0 Å². The lowest BCUT2D eigenvalue weighted by Gasteiger charge is -2.33. The average molecular weight is 247 g/mol. The summed E-state index contributed by atoms with van der Waals surface area (Å²) in [6.45, 7) is 6.57. The molecule has 1 saturated carbocycles. The van der Waals surface area contributed by atoms with E-state index in [1.165, 1.54) is 0 Å². The van der Waals surface area contributed by atoms with Gasteiger partial charge in [0, 0.05) is 30.5 Å². The molecule has 4 heteroatoms. The monoisotopic (exact) mass is 247 g/mol. The Hall–Kier alpha value is -0.250. The second-order valence-electron chi connectivity index (χ2n) is 7.16. The van der Waals surface area contributed by atoms with E-state index in [0.717, 1.165) is 6.42 Å². The smallest absolute Gasteiger partial charge is 0.257 e. The number of hydrogen-bond acceptors (Lipinski definition) is 1. The Labute approximate surface area is 100 Å². The molecule has 2 saturated heterocycles. The third-order valence-electron chi connectivity index (χ3n) is 4.58. The van der Waals surface area contributed by atoms with Crippen LogP contribution in [0.15, 0.2) is 0 Å². The Morgan fingerprint density at radius 1 is 1.24 bits per heavy atom. The predicted octanol–water partition coefficient (Wildman–Crippen LogP) is 3.10. The second-order valence-corrected chi connectivity index (χ2v) is 7.16. The van der Waals surface area contributed by atoms with Gasteiger partial charge in [-0.05, 0) is 18.3 Å². The van der Waals surface area contributed by atoms with Crippen molar-refractivity contribution >= 4 is 0 Å². The first-order chi connectivity index (χ1) is 7.72. The second kappa shape index (κ2) is 3.19. The van der Waals surface area contributed by atoms with Crippen molar-refractivity contribution in [2.24, 2.45) is 17.3 Å². The van der Waals surface area contributed by atoms with Crippen molar-refractivity contribution in [1.82, 2.24) is 4.90 Å². The summed E-state index contributed by atoms with van der Waals surface area (Å²) >= 11 is 0. The molecule has 3 fully saturated rings. The quantitative estimate of drug-likeness (QED) is 0.688. The van der Waals surface area contributed by atoms with Crippen molar-refractivity contribution in [2.45, 2.75) is 57.8 Å². The Bertz CT molecular complexity index is 336. The van der Waals surface area contributed by atoms with E-state index in [1.807, 2.05) is 4.90 Å². The molecule has 0 amide bonds. The molecule has 3 rings (SSSR count). The summed E-state index contributed by atoms with van der Waals surface area (Å²) in [5.41, 5.74) is 0.0250. The molecule has 0 radical (unpaired) electrons. The minimum absolute atomic E-state index is 0.0250. The number of rotatable bonds is 1.